The summed E-state index contributed by atoms with van der Waals surface area (Å²) in [5.41, 5.74) is 0.344. The molecule has 2 rings (SSSR count). The van der Waals surface area contributed by atoms with Crippen LogP contribution in [0.25, 0.3) is 4.85 Å². The molecule has 2 aromatic carbocycles. The molecule has 0 aliphatic carbocycles. The average Bonchev–Trinajstić information content (AvgIpc) is 2.60. The van der Waals surface area contributed by atoms with Gasteiger partial charge >= 0.3 is 5.54 Å². The molecule has 0 saturated carbocycles. The van der Waals surface area contributed by atoms with Gasteiger partial charge in [-0.3, -0.25) is 4.85 Å². The summed E-state index contributed by atoms with van der Waals surface area (Å²) in [5, 5.41) is 9.60. The van der Waals surface area contributed by atoms with Crippen LogP contribution in [0.5, 0.6) is 11.5 Å². The molecule has 0 aromatic heterocycles. The molecule has 0 N–H and O–H groups in total. The Kier molecular flexibility index (Phi) is 4.66. The van der Waals surface area contributed by atoms with Crippen molar-refractivity contribution in [2.45, 2.75) is 12.0 Å². The molecule has 0 fully saturated rings. The molecule has 0 aliphatic heterocycles. The zero-order valence-corrected chi connectivity index (χ0v) is 12.5. The lowest BCUT2D eigenvalue weighted by Crippen LogP contribution is -2.22. The number of ether oxygens (including phenoxy) is 2. The van der Waals surface area contributed by atoms with E-state index in [9.17, 15) is 5.26 Å². The summed E-state index contributed by atoms with van der Waals surface area (Å²) in [6.45, 7) is 7.52. The van der Waals surface area contributed by atoms with Gasteiger partial charge in [0.2, 0.25) is 0 Å². The number of benzene rings is 2. The lowest BCUT2D eigenvalue weighted by molar-refractivity contribution is 0.414. The standard InChI is InChI=1S/C18H16N2O2/c1-20-18(13-19,15-6-10-17(22-3)11-7-15)12-14-4-8-16(21-2)9-5-14/h4-11H,12H2,2-3H3. The quantitative estimate of drug-likeness (QED) is 0.791. The highest BCUT2D eigenvalue weighted by molar-refractivity contribution is 5.42. The topological polar surface area (TPSA) is 46.6 Å². The molecule has 110 valence electrons. The molecule has 4 nitrogen and oxygen atoms in total. The van der Waals surface area contributed by atoms with E-state index in [0.717, 1.165) is 11.3 Å². The van der Waals surface area contributed by atoms with Crippen molar-refractivity contribution in [2.75, 3.05) is 14.2 Å². The zero-order valence-electron chi connectivity index (χ0n) is 12.5. The van der Waals surface area contributed by atoms with Crippen LogP contribution in [0.4, 0.5) is 0 Å². The number of hydrogen-bond donors (Lipinski definition) is 0. The van der Waals surface area contributed by atoms with Gasteiger partial charge in [-0.2, -0.15) is 5.26 Å². The molecule has 0 spiro atoms. The summed E-state index contributed by atoms with van der Waals surface area (Å²) >= 11 is 0. The second kappa shape index (κ2) is 6.65. The highest BCUT2D eigenvalue weighted by Gasteiger charge is 2.39. The van der Waals surface area contributed by atoms with E-state index in [4.69, 9.17) is 16.0 Å². The molecule has 1 unspecified atom stereocenters. The first kappa shape index (κ1) is 15.4. The summed E-state index contributed by atoms with van der Waals surface area (Å²) in [5.74, 6) is 1.45. The fourth-order valence-electron chi connectivity index (χ4n) is 2.24. The van der Waals surface area contributed by atoms with Gasteiger partial charge in [0.15, 0.2) is 6.07 Å². The molecule has 4 heteroatoms. The van der Waals surface area contributed by atoms with E-state index in [2.05, 4.69) is 10.9 Å². The van der Waals surface area contributed by atoms with Crippen LogP contribution >= 0.6 is 0 Å². The first-order valence-electron chi connectivity index (χ1n) is 6.75. The van der Waals surface area contributed by atoms with Crippen molar-refractivity contribution in [1.29, 1.82) is 5.26 Å². The summed E-state index contributed by atoms with van der Waals surface area (Å²) in [6, 6.07) is 16.6. The van der Waals surface area contributed by atoms with E-state index in [1.54, 1.807) is 38.5 Å². The van der Waals surface area contributed by atoms with E-state index in [1.807, 2.05) is 24.3 Å². The molecule has 2 aromatic rings. The van der Waals surface area contributed by atoms with Crippen molar-refractivity contribution in [3.63, 3.8) is 0 Å². The molecule has 22 heavy (non-hydrogen) atoms. The third-order valence-electron chi connectivity index (χ3n) is 3.56. The Morgan fingerprint density at radius 2 is 1.50 bits per heavy atom. The van der Waals surface area contributed by atoms with Gasteiger partial charge in [0.1, 0.15) is 11.5 Å². The Hall–Kier alpha value is -2.98. The summed E-state index contributed by atoms with van der Waals surface area (Å²) in [4.78, 5) is 3.62. The molecular formula is C18H16N2O2. The molecule has 0 bridgehead atoms. The number of nitriles is 1. The Balaban J connectivity index is 2.35. The van der Waals surface area contributed by atoms with Crippen LogP contribution < -0.4 is 9.47 Å². The Morgan fingerprint density at radius 3 is 1.91 bits per heavy atom. The van der Waals surface area contributed by atoms with Gasteiger partial charge in [-0.25, -0.2) is 6.57 Å². The van der Waals surface area contributed by atoms with Gasteiger partial charge < -0.3 is 9.47 Å². The van der Waals surface area contributed by atoms with Crippen LogP contribution in [0, 0.1) is 17.9 Å². The van der Waals surface area contributed by atoms with E-state index in [0.29, 0.717) is 17.7 Å². The number of nitrogens with zero attached hydrogens (tertiary/aromatic N) is 2. The third kappa shape index (κ3) is 3.02. The SMILES string of the molecule is [C-]#[N+]C(C#N)(Cc1ccc(OC)cc1)c1ccc(OC)cc1. The smallest absolute Gasteiger partial charge is 0.344 e. The molecule has 0 saturated heterocycles. The first-order chi connectivity index (χ1) is 10.7. The fourth-order valence-corrected chi connectivity index (χ4v) is 2.24. The van der Waals surface area contributed by atoms with Crippen molar-refractivity contribution in [2.24, 2.45) is 0 Å². The van der Waals surface area contributed by atoms with Crippen molar-refractivity contribution in [3.05, 3.63) is 71.1 Å². The van der Waals surface area contributed by atoms with E-state index in [-0.39, 0.29) is 0 Å². The minimum Gasteiger partial charge on any atom is -0.497 e. The molecular weight excluding hydrogens is 276 g/mol. The van der Waals surface area contributed by atoms with Gasteiger partial charge in [0.25, 0.3) is 0 Å². The van der Waals surface area contributed by atoms with Crippen LogP contribution in [0.2, 0.25) is 0 Å². The zero-order chi connectivity index (χ0) is 16.0. The summed E-state index contributed by atoms with van der Waals surface area (Å²) < 4.78 is 10.2. The van der Waals surface area contributed by atoms with E-state index in [1.165, 1.54) is 0 Å². The van der Waals surface area contributed by atoms with Crippen LogP contribution in [-0.2, 0) is 12.0 Å². The minimum atomic E-state index is -1.24. The monoisotopic (exact) mass is 292 g/mol. The lowest BCUT2D eigenvalue weighted by atomic mass is 9.86. The highest BCUT2D eigenvalue weighted by atomic mass is 16.5. The van der Waals surface area contributed by atoms with Gasteiger partial charge in [-0.1, -0.05) is 12.1 Å². The molecule has 0 heterocycles. The van der Waals surface area contributed by atoms with Crippen molar-refractivity contribution in [1.82, 2.24) is 0 Å². The Bertz CT molecular complexity index is 693. The maximum absolute atomic E-state index is 9.60. The van der Waals surface area contributed by atoms with E-state index >= 15 is 0 Å². The molecule has 0 amide bonds. The lowest BCUT2D eigenvalue weighted by Gasteiger charge is -2.15. The summed E-state index contributed by atoms with van der Waals surface area (Å²) in [6.07, 6.45) is 0.323. The molecule has 0 aliphatic rings. The van der Waals surface area contributed by atoms with Crippen molar-refractivity contribution < 1.29 is 9.47 Å². The van der Waals surface area contributed by atoms with E-state index < -0.39 is 5.54 Å². The summed E-state index contributed by atoms with van der Waals surface area (Å²) in [7, 11) is 3.18. The number of methoxy groups -OCH3 is 2. The van der Waals surface area contributed by atoms with Crippen LogP contribution in [0.1, 0.15) is 11.1 Å². The first-order valence-corrected chi connectivity index (χ1v) is 6.75. The van der Waals surface area contributed by atoms with Gasteiger partial charge in [0.05, 0.1) is 26.2 Å². The average molecular weight is 292 g/mol. The van der Waals surface area contributed by atoms with Crippen LogP contribution in [0.15, 0.2) is 48.5 Å². The fraction of sp³-hybridized carbons (Fsp3) is 0.222. The second-order valence-electron chi connectivity index (χ2n) is 4.84. The Morgan fingerprint density at radius 1 is 1.00 bits per heavy atom. The maximum Gasteiger partial charge on any atom is 0.344 e. The normalized spacial score (nSPS) is 12.5. The Labute approximate surface area is 130 Å². The molecule has 0 radical (unpaired) electrons. The molecule has 1 atom stereocenters. The maximum atomic E-state index is 9.60. The minimum absolute atomic E-state index is 0.323. The predicted molar refractivity (Wildman–Crippen MR) is 83.6 cm³/mol. The predicted octanol–water partition coefficient (Wildman–Crippen LogP) is 3.58. The second-order valence-corrected chi connectivity index (χ2v) is 4.84. The third-order valence-corrected chi connectivity index (χ3v) is 3.56. The highest BCUT2D eigenvalue weighted by Crippen LogP contribution is 2.31. The number of rotatable bonds is 5. The van der Waals surface area contributed by atoms with Gasteiger partial charge in [0, 0.05) is 0 Å². The number of hydrogen-bond acceptors (Lipinski definition) is 3. The largest absolute Gasteiger partial charge is 0.497 e. The van der Waals surface area contributed by atoms with Crippen LogP contribution in [-0.4, -0.2) is 14.2 Å². The van der Waals surface area contributed by atoms with Gasteiger partial charge in [-0.15, -0.1) is 0 Å². The van der Waals surface area contributed by atoms with Gasteiger partial charge in [-0.05, 0) is 42.0 Å². The van der Waals surface area contributed by atoms with Crippen molar-refractivity contribution in [3.8, 4) is 17.6 Å². The van der Waals surface area contributed by atoms with Crippen LogP contribution in [0.3, 0.4) is 0 Å². The van der Waals surface area contributed by atoms with Crippen molar-refractivity contribution >= 4 is 0 Å².